The molecule has 2 N–H and O–H groups in total. The number of rotatable bonds is 6. The van der Waals surface area contributed by atoms with E-state index in [4.69, 9.17) is 11.6 Å². The molecule has 0 aliphatic heterocycles. The molecule has 0 fully saturated rings. The molecule has 0 radical (unpaired) electrons. The Bertz CT molecular complexity index is 701. The summed E-state index contributed by atoms with van der Waals surface area (Å²) < 4.78 is 0. The maximum atomic E-state index is 12.1. The number of hydrogen-bond donors (Lipinski definition) is 2. The Balaban J connectivity index is 2.01. The molecule has 0 spiro atoms. The summed E-state index contributed by atoms with van der Waals surface area (Å²) in [5.41, 5.74) is 1.91. The van der Waals surface area contributed by atoms with Crippen LogP contribution in [0.3, 0.4) is 0 Å². The number of carbonyl (C=O) groups is 2. The molecule has 5 heteroatoms. The largest absolute Gasteiger partial charge is 0.352 e. The van der Waals surface area contributed by atoms with E-state index < -0.39 is 0 Å². The molecule has 2 aromatic carbocycles. The normalized spacial score (nSPS) is 10.2. The summed E-state index contributed by atoms with van der Waals surface area (Å²) in [6, 6.07) is 14.4. The van der Waals surface area contributed by atoms with Crippen LogP contribution in [0.25, 0.3) is 0 Å². The van der Waals surface area contributed by atoms with E-state index >= 15 is 0 Å². The quantitative estimate of drug-likeness (QED) is 0.849. The molecule has 0 aromatic heterocycles. The molecule has 0 aliphatic rings. The summed E-state index contributed by atoms with van der Waals surface area (Å²) >= 11 is 6.08. The van der Waals surface area contributed by atoms with E-state index in [2.05, 4.69) is 10.6 Å². The number of anilines is 1. The Morgan fingerprint density at radius 3 is 2.48 bits per heavy atom. The summed E-state index contributed by atoms with van der Waals surface area (Å²) in [5.74, 6) is -0.351. The number of amides is 2. The van der Waals surface area contributed by atoms with E-state index in [9.17, 15) is 9.59 Å². The highest BCUT2D eigenvalue weighted by atomic mass is 35.5. The molecule has 0 aliphatic carbocycles. The number of benzene rings is 2. The number of hydrogen-bond acceptors (Lipinski definition) is 2. The van der Waals surface area contributed by atoms with Crippen molar-refractivity contribution in [3.05, 3.63) is 64.7 Å². The van der Waals surface area contributed by atoms with Gasteiger partial charge in [0.05, 0.1) is 11.3 Å². The number of halogens is 1. The van der Waals surface area contributed by atoms with Crippen LogP contribution in [-0.2, 0) is 11.2 Å². The predicted octanol–water partition coefficient (Wildman–Crippen LogP) is 3.66. The minimum Gasteiger partial charge on any atom is -0.352 e. The van der Waals surface area contributed by atoms with Crippen LogP contribution in [-0.4, -0.2) is 18.4 Å². The van der Waals surface area contributed by atoms with Crippen LogP contribution in [0.2, 0.25) is 5.02 Å². The van der Waals surface area contributed by atoms with E-state index in [0.717, 1.165) is 5.56 Å². The van der Waals surface area contributed by atoms with Gasteiger partial charge in [-0.05, 0) is 37.1 Å². The zero-order valence-electron chi connectivity index (χ0n) is 12.9. The minimum atomic E-state index is -0.200. The molecule has 0 bridgehead atoms. The van der Waals surface area contributed by atoms with Crippen molar-refractivity contribution in [2.45, 2.75) is 19.8 Å². The van der Waals surface area contributed by atoms with Crippen LogP contribution in [0.1, 0.15) is 29.3 Å². The van der Waals surface area contributed by atoms with Gasteiger partial charge in [-0.25, -0.2) is 0 Å². The zero-order chi connectivity index (χ0) is 16.7. The lowest BCUT2D eigenvalue weighted by atomic mass is 10.1. The van der Waals surface area contributed by atoms with Crippen molar-refractivity contribution >= 4 is 29.1 Å². The van der Waals surface area contributed by atoms with Crippen LogP contribution in [0.15, 0.2) is 48.5 Å². The van der Waals surface area contributed by atoms with Crippen LogP contribution < -0.4 is 10.6 Å². The highest BCUT2D eigenvalue weighted by Gasteiger charge is 2.12. The lowest BCUT2D eigenvalue weighted by Crippen LogP contribution is -2.24. The summed E-state index contributed by atoms with van der Waals surface area (Å²) in [5, 5.41) is 6.19. The van der Waals surface area contributed by atoms with Gasteiger partial charge in [-0.2, -0.15) is 0 Å². The van der Waals surface area contributed by atoms with Crippen molar-refractivity contribution in [3.63, 3.8) is 0 Å². The van der Waals surface area contributed by atoms with Crippen molar-refractivity contribution in [1.82, 2.24) is 5.32 Å². The SMILES string of the molecule is CCNC(=O)c1ccccc1NC(=O)CCc1ccccc1Cl. The molecule has 0 saturated carbocycles. The lowest BCUT2D eigenvalue weighted by Gasteiger charge is -2.11. The summed E-state index contributed by atoms with van der Waals surface area (Å²) in [4.78, 5) is 24.1. The van der Waals surface area contributed by atoms with Crippen LogP contribution in [0, 0.1) is 0 Å². The van der Waals surface area contributed by atoms with Gasteiger partial charge in [-0.15, -0.1) is 0 Å². The average Bonchev–Trinajstić information content (AvgIpc) is 2.55. The summed E-state index contributed by atoms with van der Waals surface area (Å²) in [6.45, 7) is 2.39. The average molecular weight is 331 g/mol. The zero-order valence-corrected chi connectivity index (χ0v) is 13.7. The Labute approximate surface area is 140 Å². The first kappa shape index (κ1) is 17.0. The first-order valence-corrected chi connectivity index (χ1v) is 7.90. The van der Waals surface area contributed by atoms with Crippen molar-refractivity contribution < 1.29 is 9.59 Å². The van der Waals surface area contributed by atoms with Crippen molar-refractivity contribution in [2.24, 2.45) is 0 Å². The lowest BCUT2D eigenvalue weighted by molar-refractivity contribution is -0.116. The molecule has 0 atom stereocenters. The fourth-order valence-corrected chi connectivity index (χ4v) is 2.44. The second kappa shape index (κ2) is 8.34. The molecule has 2 amide bonds. The van der Waals surface area contributed by atoms with Crippen LogP contribution >= 0.6 is 11.6 Å². The predicted molar refractivity (Wildman–Crippen MR) is 92.9 cm³/mol. The monoisotopic (exact) mass is 330 g/mol. The standard InChI is InChI=1S/C18H19ClN2O2/c1-2-20-18(23)14-8-4-6-10-16(14)21-17(22)12-11-13-7-3-5-9-15(13)19/h3-10H,2,11-12H2,1H3,(H,20,23)(H,21,22). The molecule has 2 rings (SSSR count). The Morgan fingerprint density at radius 1 is 1.04 bits per heavy atom. The topological polar surface area (TPSA) is 58.2 Å². The van der Waals surface area contributed by atoms with Gasteiger partial charge in [0.2, 0.25) is 5.91 Å². The van der Waals surface area contributed by atoms with Crippen LogP contribution in [0.4, 0.5) is 5.69 Å². The van der Waals surface area contributed by atoms with Crippen molar-refractivity contribution in [1.29, 1.82) is 0 Å². The maximum absolute atomic E-state index is 12.1. The van der Waals surface area contributed by atoms with Gasteiger partial charge < -0.3 is 10.6 Å². The minimum absolute atomic E-state index is 0.151. The van der Waals surface area contributed by atoms with Gasteiger partial charge in [-0.3, -0.25) is 9.59 Å². The van der Waals surface area contributed by atoms with Crippen molar-refractivity contribution in [3.8, 4) is 0 Å². The highest BCUT2D eigenvalue weighted by Crippen LogP contribution is 2.18. The Kier molecular flexibility index (Phi) is 6.18. The molecule has 23 heavy (non-hydrogen) atoms. The second-order valence-corrected chi connectivity index (χ2v) is 5.45. The van der Waals surface area contributed by atoms with E-state index in [0.29, 0.717) is 35.7 Å². The number of nitrogens with one attached hydrogen (secondary N) is 2. The van der Waals surface area contributed by atoms with Crippen molar-refractivity contribution in [2.75, 3.05) is 11.9 Å². The van der Waals surface area contributed by atoms with Gasteiger partial charge >= 0.3 is 0 Å². The number of carbonyl (C=O) groups excluding carboxylic acids is 2. The molecule has 120 valence electrons. The Morgan fingerprint density at radius 2 is 1.74 bits per heavy atom. The number of aryl methyl sites for hydroxylation is 1. The van der Waals surface area contributed by atoms with Gasteiger partial charge in [0, 0.05) is 18.0 Å². The summed E-state index contributed by atoms with van der Waals surface area (Å²) in [6.07, 6.45) is 0.849. The van der Waals surface area contributed by atoms with Gasteiger partial charge in [-0.1, -0.05) is 41.9 Å². The fourth-order valence-electron chi connectivity index (χ4n) is 2.21. The van der Waals surface area contributed by atoms with E-state index in [1.165, 1.54) is 0 Å². The highest BCUT2D eigenvalue weighted by molar-refractivity contribution is 6.31. The molecule has 0 unspecified atom stereocenters. The first-order chi connectivity index (χ1) is 11.1. The van der Waals surface area contributed by atoms with Gasteiger partial charge in [0.25, 0.3) is 5.91 Å². The molecule has 0 heterocycles. The van der Waals surface area contributed by atoms with E-state index in [-0.39, 0.29) is 11.8 Å². The molecular formula is C18H19ClN2O2. The molecular weight excluding hydrogens is 312 g/mol. The molecule has 0 saturated heterocycles. The summed E-state index contributed by atoms with van der Waals surface area (Å²) in [7, 11) is 0. The fraction of sp³-hybridized carbons (Fsp3) is 0.222. The second-order valence-electron chi connectivity index (χ2n) is 5.04. The van der Waals surface area contributed by atoms with Gasteiger partial charge in [0.1, 0.15) is 0 Å². The van der Waals surface area contributed by atoms with E-state index in [1.807, 2.05) is 25.1 Å². The van der Waals surface area contributed by atoms with E-state index in [1.54, 1.807) is 30.3 Å². The third kappa shape index (κ3) is 4.83. The number of para-hydroxylation sites is 1. The molecule has 2 aromatic rings. The molecule has 4 nitrogen and oxygen atoms in total. The third-order valence-electron chi connectivity index (χ3n) is 3.36. The maximum Gasteiger partial charge on any atom is 0.253 e. The van der Waals surface area contributed by atoms with Gasteiger partial charge in [0.15, 0.2) is 0 Å². The first-order valence-electron chi connectivity index (χ1n) is 7.52. The third-order valence-corrected chi connectivity index (χ3v) is 3.73. The smallest absolute Gasteiger partial charge is 0.253 e. The Hall–Kier alpha value is -2.33. The van der Waals surface area contributed by atoms with Crippen LogP contribution in [0.5, 0.6) is 0 Å².